The molecule has 6 nitrogen and oxygen atoms in total. The van der Waals surface area contributed by atoms with Crippen molar-refractivity contribution >= 4 is 5.91 Å². The highest BCUT2D eigenvalue weighted by Crippen LogP contribution is 2.38. The molecule has 1 aromatic heterocycles. The predicted molar refractivity (Wildman–Crippen MR) is 93.0 cm³/mol. The Labute approximate surface area is 144 Å². The van der Waals surface area contributed by atoms with Crippen LogP contribution in [0.15, 0.2) is 0 Å². The minimum Gasteiger partial charge on any atom is -0.481 e. The molecule has 3 rings (SSSR count). The van der Waals surface area contributed by atoms with Crippen LogP contribution >= 0.6 is 0 Å². The number of rotatable bonds is 4. The molecule has 2 fully saturated rings. The lowest BCUT2D eigenvalue weighted by atomic mass is 10.0. The highest BCUT2D eigenvalue weighted by Gasteiger charge is 2.34. The Morgan fingerprint density at radius 3 is 2.75 bits per heavy atom. The maximum Gasteiger partial charge on any atom is 0.236 e. The number of nitrogens with zero attached hydrogens (tertiary/aromatic N) is 4. The molecular weight excluding hydrogens is 304 g/mol. The van der Waals surface area contributed by atoms with Crippen LogP contribution in [-0.2, 0) is 11.8 Å². The quantitative estimate of drug-likeness (QED) is 0.846. The largest absolute Gasteiger partial charge is 0.481 e. The van der Waals surface area contributed by atoms with Gasteiger partial charge in [-0.25, -0.2) is 4.68 Å². The van der Waals surface area contributed by atoms with Crippen LogP contribution in [0.25, 0.3) is 0 Å². The van der Waals surface area contributed by atoms with Crippen LogP contribution in [0.5, 0.6) is 5.88 Å². The van der Waals surface area contributed by atoms with Gasteiger partial charge in [0.05, 0.1) is 24.9 Å². The number of hydrogen-bond donors (Lipinski definition) is 0. The predicted octanol–water partition coefficient (Wildman–Crippen LogP) is 2.13. The van der Waals surface area contributed by atoms with Gasteiger partial charge in [0.15, 0.2) is 0 Å². The molecule has 0 bridgehead atoms. The van der Waals surface area contributed by atoms with E-state index < -0.39 is 0 Å². The third-order valence-electron chi connectivity index (χ3n) is 5.45. The second-order valence-corrected chi connectivity index (χ2v) is 7.35. The first kappa shape index (κ1) is 17.3. The summed E-state index contributed by atoms with van der Waals surface area (Å²) >= 11 is 0. The van der Waals surface area contributed by atoms with Crippen LogP contribution in [0.1, 0.15) is 49.9 Å². The maximum atomic E-state index is 12.8. The average Bonchev–Trinajstić information content (AvgIpc) is 3.10. The molecule has 0 unspecified atom stereocenters. The molecule has 1 amide bonds. The van der Waals surface area contributed by atoms with E-state index in [1.54, 1.807) is 11.8 Å². The standard InChI is InChI=1S/C18H30N4O2/c1-13-7-5-10-22(11-13)16(23)12-21-9-6-8-15(21)17-14(2)19-20(3)18(17)24-4/h13,15H,5-12H2,1-4H3/t13-,15+/m1/s1. The Balaban J connectivity index is 1.73. The molecule has 24 heavy (non-hydrogen) atoms. The maximum absolute atomic E-state index is 12.8. The Morgan fingerprint density at radius 1 is 1.29 bits per heavy atom. The summed E-state index contributed by atoms with van der Waals surface area (Å²) in [7, 11) is 3.61. The third kappa shape index (κ3) is 3.29. The molecule has 0 aliphatic carbocycles. The fourth-order valence-corrected chi connectivity index (χ4v) is 4.31. The van der Waals surface area contributed by atoms with Gasteiger partial charge in [0.2, 0.25) is 11.8 Å². The molecule has 3 heterocycles. The highest BCUT2D eigenvalue weighted by atomic mass is 16.5. The number of aromatic nitrogens is 2. The van der Waals surface area contributed by atoms with Crippen molar-refractivity contribution in [2.24, 2.45) is 13.0 Å². The van der Waals surface area contributed by atoms with Crippen molar-refractivity contribution in [1.29, 1.82) is 0 Å². The van der Waals surface area contributed by atoms with Crippen molar-refractivity contribution < 1.29 is 9.53 Å². The van der Waals surface area contributed by atoms with Crippen molar-refractivity contribution in [2.45, 2.75) is 45.6 Å². The van der Waals surface area contributed by atoms with Crippen molar-refractivity contribution in [2.75, 3.05) is 33.3 Å². The summed E-state index contributed by atoms with van der Waals surface area (Å²) in [6, 6.07) is 0.236. The first-order chi connectivity index (χ1) is 11.5. The lowest BCUT2D eigenvalue weighted by Gasteiger charge is -2.33. The monoisotopic (exact) mass is 334 g/mol. The van der Waals surface area contributed by atoms with Crippen molar-refractivity contribution in [3.8, 4) is 5.88 Å². The number of piperidine rings is 1. The Kier molecular flexibility index (Phi) is 5.13. The number of hydrogen-bond acceptors (Lipinski definition) is 4. The molecule has 0 N–H and O–H groups in total. The number of methoxy groups -OCH3 is 1. The van der Waals surface area contributed by atoms with E-state index in [-0.39, 0.29) is 11.9 Å². The van der Waals surface area contributed by atoms with Gasteiger partial charge in [-0.15, -0.1) is 0 Å². The summed E-state index contributed by atoms with van der Waals surface area (Å²) in [5.41, 5.74) is 2.16. The Hall–Kier alpha value is -1.56. The zero-order valence-corrected chi connectivity index (χ0v) is 15.4. The van der Waals surface area contributed by atoms with Gasteiger partial charge in [0.1, 0.15) is 0 Å². The molecule has 1 aromatic rings. The van der Waals surface area contributed by atoms with E-state index in [9.17, 15) is 4.79 Å². The van der Waals surface area contributed by atoms with Gasteiger partial charge < -0.3 is 9.64 Å². The van der Waals surface area contributed by atoms with Gasteiger partial charge in [0.25, 0.3) is 0 Å². The molecule has 2 aliphatic heterocycles. The lowest BCUT2D eigenvalue weighted by Crippen LogP contribution is -2.44. The van der Waals surface area contributed by atoms with E-state index in [2.05, 4.69) is 21.8 Å². The molecule has 0 saturated carbocycles. The van der Waals surface area contributed by atoms with Gasteiger partial charge in [-0.05, 0) is 45.1 Å². The van der Waals surface area contributed by atoms with Crippen molar-refractivity contribution in [3.05, 3.63) is 11.3 Å². The molecule has 0 radical (unpaired) electrons. The normalized spacial score (nSPS) is 25.2. The summed E-state index contributed by atoms with van der Waals surface area (Å²) in [4.78, 5) is 17.1. The minimum atomic E-state index is 0.236. The summed E-state index contributed by atoms with van der Waals surface area (Å²) in [5, 5.41) is 4.51. The van der Waals surface area contributed by atoms with E-state index in [0.29, 0.717) is 12.5 Å². The molecule has 2 saturated heterocycles. The zero-order chi connectivity index (χ0) is 17.3. The molecule has 0 aromatic carbocycles. The molecule has 2 aliphatic rings. The Bertz CT molecular complexity index is 598. The molecule has 2 atom stereocenters. The van der Waals surface area contributed by atoms with Crippen molar-refractivity contribution in [3.63, 3.8) is 0 Å². The van der Waals surface area contributed by atoms with Crippen LogP contribution in [0.4, 0.5) is 0 Å². The number of amides is 1. The van der Waals surface area contributed by atoms with Crippen molar-refractivity contribution in [1.82, 2.24) is 19.6 Å². The summed E-state index contributed by atoms with van der Waals surface area (Å²) in [5.74, 6) is 1.72. The van der Waals surface area contributed by atoms with Crippen LogP contribution in [0.2, 0.25) is 0 Å². The molecular formula is C18H30N4O2. The highest BCUT2D eigenvalue weighted by molar-refractivity contribution is 5.78. The van der Waals surface area contributed by atoms with Gasteiger partial charge in [0, 0.05) is 26.2 Å². The Morgan fingerprint density at radius 2 is 2.04 bits per heavy atom. The smallest absolute Gasteiger partial charge is 0.236 e. The summed E-state index contributed by atoms with van der Waals surface area (Å²) in [6.07, 6.45) is 4.55. The van der Waals surface area contributed by atoms with Crippen LogP contribution in [0, 0.1) is 12.8 Å². The van der Waals surface area contributed by atoms with Gasteiger partial charge in [-0.3, -0.25) is 9.69 Å². The SMILES string of the molecule is COc1c([C@@H]2CCCN2CC(=O)N2CCC[C@@H](C)C2)c(C)nn1C. The van der Waals surface area contributed by atoms with Gasteiger partial charge >= 0.3 is 0 Å². The molecule has 6 heteroatoms. The van der Waals surface area contributed by atoms with Gasteiger partial charge in [-0.2, -0.15) is 5.10 Å². The zero-order valence-electron chi connectivity index (χ0n) is 15.4. The second-order valence-electron chi connectivity index (χ2n) is 7.35. The van der Waals surface area contributed by atoms with Gasteiger partial charge in [-0.1, -0.05) is 6.92 Å². The minimum absolute atomic E-state index is 0.236. The van der Waals surface area contributed by atoms with E-state index in [1.807, 2.05) is 14.0 Å². The topological polar surface area (TPSA) is 50.6 Å². The molecule has 0 spiro atoms. The fraction of sp³-hybridized carbons (Fsp3) is 0.778. The van der Waals surface area contributed by atoms with E-state index in [1.165, 1.54) is 6.42 Å². The van der Waals surface area contributed by atoms with Crippen LogP contribution in [0.3, 0.4) is 0 Å². The van der Waals surface area contributed by atoms with Crippen LogP contribution < -0.4 is 4.74 Å². The summed E-state index contributed by atoms with van der Waals surface area (Å²) < 4.78 is 7.37. The van der Waals surface area contributed by atoms with Crippen LogP contribution in [-0.4, -0.2) is 58.8 Å². The first-order valence-electron chi connectivity index (χ1n) is 9.10. The third-order valence-corrected chi connectivity index (χ3v) is 5.45. The first-order valence-corrected chi connectivity index (χ1v) is 9.10. The summed E-state index contributed by atoms with van der Waals surface area (Å²) in [6.45, 7) is 7.57. The number of carbonyl (C=O) groups is 1. The number of ether oxygens (including phenoxy) is 1. The molecule has 134 valence electrons. The number of carbonyl (C=O) groups excluding carboxylic acids is 1. The van der Waals surface area contributed by atoms with E-state index in [0.717, 1.165) is 56.0 Å². The lowest BCUT2D eigenvalue weighted by molar-refractivity contribution is -0.134. The number of aryl methyl sites for hydroxylation is 2. The fourth-order valence-electron chi connectivity index (χ4n) is 4.31. The van der Waals surface area contributed by atoms with E-state index in [4.69, 9.17) is 4.74 Å². The number of likely N-dealkylation sites (tertiary alicyclic amines) is 2. The van der Waals surface area contributed by atoms with E-state index >= 15 is 0 Å². The average molecular weight is 334 g/mol. The second kappa shape index (κ2) is 7.13.